The van der Waals surface area contributed by atoms with Crippen LogP contribution in [-0.4, -0.2) is 11.0 Å². The highest BCUT2D eigenvalue weighted by Gasteiger charge is 2.50. The second-order valence-electron chi connectivity index (χ2n) is 9.08. The van der Waals surface area contributed by atoms with Crippen LogP contribution < -0.4 is 5.32 Å². The van der Waals surface area contributed by atoms with Gasteiger partial charge < -0.3 is 5.32 Å². The average Bonchev–Trinajstić information content (AvgIpc) is 2.52. The van der Waals surface area contributed by atoms with Gasteiger partial charge in [0.2, 0.25) is 0 Å². The Morgan fingerprint density at radius 2 is 1.79 bits per heavy atom. The molecule has 1 unspecified atom stereocenters. The lowest BCUT2D eigenvalue weighted by Crippen LogP contribution is -2.47. The number of rotatable bonds is 4. The fraction of sp³-hybridized carbons (Fsp3) is 0.591. The molecule has 1 atom stereocenters. The van der Waals surface area contributed by atoms with Crippen LogP contribution in [0, 0.1) is 23.2 Å². The van der Waals surface area contributed by atoms with Gasteiger partial charge in [-0.05, 0) is 99.3 Å². The molecular weight excluding hydrogens is 292 g/mol. The summed E-state index contributed by atoms with van der Waals surface area (Å²) in [4.78, 5) is 4.42. The summed E-state index contributed by atoms with van der Waals surface area (Å²) in [7, 11) is 0. The maximum Gasteiger partial charge on any atom is 0.0703 e. The van der Waals surface area contributed by atoms with Gasteiger partial charge in [0.05, 0.1) is 5.52 Å². The molecule has 0 amide bonds. The molecule has 1 heterocycles. The monoisotopic (exact) mass is 320 g/mol. The molecule has 1 N–H and O–H groups in total. The minimum atomic E-state index is 0.551. The van der Waals surface area contributed by atoms with Gasteiger partial charge in [0.15, 0.2) is 0 Å². The van der Waals surface area contributed by atoms with Gasteiger partial charge in [-0.15, -0.1) is 0 Å². The lowest BCUT2D eigenvalue weighted by molar-refractivity contribution is -0.0587. The summed E-state index contributed by atoms with van der Waals surface area (Å²) in [6, 6.07) is 11.3. The third kappa shape index (κ3) is 2.60. The Morgan fingerprint density at radius 3 is 2.50 bits per heavy atom. The summed E-state index contributed by atoms with van der Waals surface area (Å²) in [6.45, 7) is 2.38. The fourth-order valence-electron chi connectivity index (χ4n) is 6.69. The smallest absolute Gasteiger partial charge is 0.0703 e. The van der Waals surface area contributed by atoms with Crippen molar-refractivity contribution in [2.45, 2.75) is 57.9 Å². The Hall–Kier alpha value is -1.57. The second-order valence-corrected chi connectivity index (χ2v) is 9.08. The minimum absolute atomic E-state index is 0.551. The van der Waals surface area contributed by atoms with Crippen molar-refractivity contribution in [3.63, 3.8) is 0 Å². The predicted octanol–water partition coefficient (Wildman–Crippen LogP) is 5.64. The van der Waals surface area contributed by atoms with E-state index in [0.717, 1.165) is 23.3 Å². The van der Waals surface area contributed by atoms with E-state index in [4.69, 9.17) is 0 Å². The topological polar surface area (TPSA) is 24.9 Å². The number of hydrogen-bond acceptors (Lipinski definition) is 2. The van der Waals surface area contributed by atoms with Gasteiger partial charge in [0.25, 0.3) is 0 Å². The number of nitrogens with one attached hydrogen (secondary N) is 1. The van der Waals surface area contributed by atoms with Gasteiger partial charge in [0, 0.05) is 23.3 Å². The number of fused-ring (bicyclic) bond motifs is 1. The molecule has 4 aliphatic rings. The molecule has 6 rings (SSSR count). The first-order chi connectivity index (χ1) is 11.7. The van der Waals surface area contributed by atoms with Crippen LogP contribution in [0.25, 0.3) is 10.9 Å². The van der Waals surface area contributed by atoms with E-state index in [1.54, 1.807) is 0 Å². The SMILES string of the molecule is CC(CC12CC3CC(CC(C3)C1)C2)Nc1ccc2ncccc2c1. The van der Waals surface area contributed by atoms with Crippen LogP contribution in [0.3, 0.4) is 0 Å². The molecule has 2 heteroatoms. The standard InChI is InChI=1S/C22H28N2/c1-15(24-20-4-5-21-19(10-20)3-2-6-23-21)11-22-12-16-7-17(13-22)9-18(8-16)14-22/h2-6,10,15-18,24H,7-9,11-14H2,1H3. The largest absolute Gasteiger partial charge is 0.383 e. The van der Waals surface area contributed by atoms with Crippen molar-refractivity contribution in [3.8, 4) is 0 Å². The number of nitrogens with zero attached hydrogens (tertiary/aromatic N) is 1. The Kier molecular flexibility index (Phi) is 3.36. The van der Waals surface area contributed by atoms with E-state index in [1.165, 1.54) is 56.0 Å². The van der Waals surface area contributed by atoms with Gasteiger partial charge in [-0.3, -0.25) is 4.98 Å². The predicted molar refractivity (Wildman–Crippen MR) is 100 cm³/mol. The number of benzene rings is 1. The van der Waals surface area contributed by atoms with E-state index in [2.05, 4.69) is 41.5 Å². The maximum absolute atomic E-state index is 4.42. The summed E-state index contributed by atoms with van der Waals surface area (Å²) >= 11 is 0. The van der Waals surface area contributed by atoms with Gasteiger partial charge in [-0.1, -0.05) is 6.07 Å². The minimum Gasteiger partial charge on any atom is -0.383 e. The number of hydrogen-bond donors (Lipinski definition) is 1. The van der Waals surface area contributed by atoms with Crippen molar-refractivity contribution in [2.75, 3.05) is 5.32 Å². The molecule has 1 aromatic carbocycles. The number of anilines is 1. The first-order valence-corrected chi connectivity index (χ1v) is 9.79. The molecule has 0 aliphatic heterocycles. The average molecular weight is 320 g/mol. The fourth-order valence-corrected chi connectivity index (χ4v) is 6.69. The van der Waals surface area contributed by atoms with E-state index in [1.807, 2.05) is 12.3 Å². The molecule has 4 bridgehead atoms. The van der Waals surface area contributed by atoms with Gasteiger partial charge in [-0.25, -0.2) is 0 Å². The molecule has 4 fully saturated rings. The van der Waals surface area contributed by atoms with E-state index < -0.39 is 0 Å². The quantitative estimate of drug-likeness (QED) is 0.788. The van der Waals surface area contributed by atoms with Gasteiger partial charge in [-0.2, -0.15) is 0 Å². The lowest BCUT2D eigenvalue weighted by Gasteiger charge is -2.57. The van der Waals surface area contributed by atoms with Crippen LogP contribution in [0.2, 0.25) is 0 Å². The Labute approximate surface area is 145 Å². The number of pyridine rings is 1. The summed E-state index contributed by atoms with van der Waals surface area (Å²) in [5, 5.41) is 5.01. The zero-order valence-electron chi connectivity index (χ0n) is 14.7. The molecule has 2 aromatic rings. The highest BCUT2D eigenvalue weighted by molar-refractivity contribution is 5.82. The van der Waals surface area contributed by atoms with Crippen molar-refractivity contribution >= 4 is 16.6 Å². The van der Waals surface area contributed by atoms with Crippen LogP contribution in [-0.2, 0) is 0 Å². The molecule has 4 saturated carbocycles. The molecular formula is C22H28N2. The zero-order valence-corrected chi connectivity index (χ0v) is 14.7. The third-order valence-corrected chi connectivity index (χ3v) is 6.92. The first kappa shape index (κ1) is 14.7. The Bertz CT molecular complexity index is 715. The molecule has 2 nitrogen and oxygen atoms in total. The zero-order chi connectivity index (χ0) is 16.1. The Balaban J connectivity index is 1.31. The summed E-state index contributed by atoms with van der Waals surface area (Å²) in [6.07, 6.45) is 12.4. The first-order valence-electron chi connectivity index (χ1n) is 9.79. The van der Waals surface area contributed by atoms with Crippen molar-refractivity contribution in [1.29, 1.82) is 0 Å². The van der Waals surface area contributed by atoms with E-state index in [-0.39, 0.29) is 0 Å². The van der Waals surface area contributed by atoms with Crippen LogP contribution in [0.4, 0.5) is 5.69 Å². The highest BCUT2D eigenvalue weighted by Crippen LogP contribution is 2.61. The molecule has 0 radical (unpaired) electrons. The molecule has 126 valence electrons. The highest BCUT2D eigenvalue weighted by atomic mass is 14.9. The molecule has 24 heavy (non-hydrogen) atoms. The van der Waals surface area contributed by atoms with Crippen LogP contribution in [0.15, 0.2) is 36.5 Å². The summed E-state index contributed by atoms with van der Waals surface area (Å²) in [5.41, 5.74) is 2.98. The third-order valence-electron chi connectivity index (χ3n) is 6.92. The molecule has 4 aliphatic carbocycles. The van der Waals surface area contributed by atoms with Gasteiger partial charge in [0.1, 0.15) is 0 Å². The van der Waals surface area contributed by atoms with Gasteiger partial charge >= 0.3 is 0 Å². The molecule has 0 saturated heterocycles. The summed E-state index contributed by atoms with van der Waals surface area (Å²) in [5.74, 6) is 3.15. The van der Waals surface area contributed by atoms with Crippen LogP contribution in [0.5, 0.6) is 0 Å². The van der Waals surface area contributed by atoms with Crippen molar-refractivity contribution < 1.29 is 0 Å². The normalized spacial score (nSPS) is 35.3. The summed E-state index contributed by atoms with van der Waals surface area (Å²) < 4.78 is 0. The van der Waals surface area contributed by atoms with Crippen molar-refractivity contribution in [3.05, 3.63) is 36.5 Å². The van der Waals surface area contributed by atoms with Crippen LogP contribution in [0.1, 0.15) is 51.9 Å². The maximum atomic E-state index is 4.42. The molecule has 0 spiro atoms. The van der Waals surface area contributed by atoms with Crippen molar-refractivity contribution in [1.82, 2.24) is 4.98 Å². The molecule has 1 aromatic heterocycles. The Morgan fingerprint density at radius 1 is 1.08 bits per heavy atom. The van der Waals surface area contributed by atoms with Crippen molar-refractivity contribution in [2.24, 2.45) is 23.2 Å². The lowest BCUT2D eigenvalue weighted by atomic mass is 9.48. The second kappa shape index (κ2) is 5.47. The number of aromatic nitrogens is 1. The van der Waals surface area contributed by atoms with E-state index in [0.29, 0.717) is 11.5 Å². The van der Waals surface area contributed by atoms with E-state index >= 15 is 0 Å². The van der Waals surface area contributed by atoms with Crippen LogP contribution >= 0.6 is 0 Å². The van der Waals surface area contributed by atoms with E-state index in [9.17, 15) is 0 Å².